The third kappa shape index (κ3) is 4.31. The van der Waals surface area contributed by atoms with Crippen molar-refractivity contribution < 1.29 is 13.2 Å². The third-order valence-electron chi connectivity index (χ3n) is 4.26. The molecule has 1 aliphatic rings. The lowest BCUT2D eigenvalue weighted by Crippen LogP contribution is -2.36. The number of hydrogen-bond donors (Lipinski definition) is 2. The van der Waals surface area contributed by atoms with E-state index < -0.39 is 10.0 Å². The van der Waals surface area contributed by atoms with Crippen LogP contribution >= 0.6 is 0 Å². The minimum Gasteiger partial charge on any atom is -0.327 e. The van der Waals surface area contributed by atoms with Crippen LogP contribution in [0.25, 0.3) is 0 Å². The Morgan fingerprint density at radius 2 is 1.87 bits per heavy atom. The number of sulfonamides is 1. The van der Waals surface area contributed by atoms with Gasteiger partial charge in [-0.3, -0.25) is 4.79 Å². The van der Waals surface area contributed by atoms with Crippen LogP contribution in [-0.2, 0) is 14.8 Å². The quantitative estimate of drug-likeness (QED) is 0.855. The highest BCUT2D eigenvalue weighted by molar-refractivity contribution is 7.89. The maximum atomic E-state index is 12.7. The number of piperidine rings is 1. The molecule has 0 saturated carbocycles. The van der Waals surface area contributed by atoms with Crippen LogP contribution < -0.4 is 11.1 Å². The van der Waals surface area contributed by atoms with Crippen molar-refractivity contribution in [3.05, 3.63) is 24.3 Å². The van der Waals surface area contributed by atoms with Crippen molar-refractivity contribution in [1.82, 2.24) is 4.31 Å². The smallest absolute Gasteiger partial charge is 0.243 e. The molecule has 128 valence electrons. The van der Waals surface area contributed by atoms with Gasteiger partial charge in [-0.05, 0) is 38.0 Å². The van der Waals surface area contributed by atoms with E-state index in [1.165, 1.54) is 10.4 Å². The van der Waals surface area contributed by atoms with Crippen molar-refractivity contribution in [1.29, 1.82) is 0 Å². The number of nitrogens with two attached hydrogens (primary N) is 1. The summed E-state index contributed by atoms with van der Waals surface area (Å²) in [6.07, 6.45) is 2.85. The fourth-order valence-corrected chi connectivity index (χ4v) is 4.05. The lowest BCUT2D eigenvalue weighted by Gasteiger charge is -2.26. The molecular weight excluding hydrogens is 314 g/mol. The maximum absolute atomic E-state index is 12.7. The van der Waals surface area contributed by atoms with Crippen molar-refractivity contribution in [3.63, 3.8) is 0 Å². The van der Waals surface area contributed by atoms with Crippen LogP contribution in [0.15, 0.2) is 29.2 Å². The molecule has 1 heterocycles. The van der Waals surface area contributed by atoms with Gasteiger partial charge in [-0.25, -0.2) is 8.42 Å². The van der Waals surface area contributed by atoms with Gasteiger partial charge < -0.3 is 11.1 Å². The van der Waals surface area contributed by atoms with Crippen LogP contribution in [0.4, 0.5) is 5.69 Å². The number of benzene rings is 1. The summed E-state index contributed by atoms with van der Waals surface area (Å²) in [6.45, 7) is 4.62. The van der Waals surface area contributed by atoms with Crippen molar-refractivity contribution in [2.45, 2.75) is 44.0 Å². The van der Waals surface area contributed by atoms with E-state index in [4.69, 9.17) is 5.73 Å². The molecule has 0 aliphatic carbocycles. The maximum Gasteiger partial charge on any atom is 0.243 e. The summed E-state index contributed by atoms with van der Waals surface area (Å²) in [5, 5.41) is 2.74. The summed E-state index contributed by atoms with van der Waals surface area (Å²) in [5.41, 5.74) is 6.20. The molecule has 1 aliphatic heterocycles. The number of amides is 1. The lowest BCUT2D eigenvalue weighted by molar-refractivity contribution is -0.119. The van der Waals surface area contributed by atoms with Gasteiger partial charge in [0, 0.05) is 24.8 Å². The highest BCUT2D eigenvalue weighted by atomic mass is 32.2. The summed E-state index contributed by atoms with van der Waals surface area (Å²) < 4.78 is 26.8. The molecule has 0 aromatic heterocycles. The highest BCUT2D eigenvalue weighted by Gasteiger charge is 2.26. The Labute approximate surface area is 138 Å². The minimum atomic E-state index is -3.50. The fourth-order valence-electron chi connectivity index (χ4n) is 2.48. The van der Waals surface area contributed by atoms with E-state index in [0.29, 0.717) is 18.8 Å². The van der Waals surface area contributed by atoms with Gasteiger partial charge in [0.2, 0.25) is 15.9 Å². The Kier molecular flexibility index (Phi) is 5.78. The van der Waals surface area contributed by atoms with E-state index in [-0.39, 0.29) is 22.8 Å². The van der Waals surface area contributed by atoms with Gasteiger partial charge in [0.05, 0.1) is 10.8 Å². The van der Waals surface area contributed by atoms with Crippen molar-refractivity contribution in [2.24, 2.45) is 11.7 Å². The monoisotopic (exact) mass is 339 g/mol. The standard InChI is InChI=1S/C16H25N3O3S/c1-12(13(2)17)16(20)18-14-7-6-8-15(11-14)23(21,22)19-9-4-3-5-10-19/h6-8,11-13H,3-5,9-10,17H2,1-2H3,(H,18,20). The van der Waals surface area contributed by atoms with Crippen LogP contribution in [-0.4, -0.2) is 37.8 Å². The van der Waals surface area contributed by atoms with Gasteiger partial charge in [0.15, 0.2) is 0 Å². The highest BCUT2D eigenvalue weighted by Crippen LogP contribution is 2.23. The Bertz CT molecular complexity index is 652. The van der Waals surface area contributed by atoms with Crippen LogP contribution in [0.5, 0.6) is 0 Å². The van der Waals surface area contributed by atoms with Gasteiger partial charge >= 0.3 is 0 Å². The second-order valence-corrected chi connectivity index (χ2v) is 8.07. The zero-order valence-electron chi connectivity index (χ0n) is 13.7. The van der Waals surface area contributed by atoms with Crippen molar-refractivity contribution >= 4 is 21.6 Å². The first kappa shape index (κ1) is 17.9. The lowest BCUT2D eigenvalue weighted by atomic mass is 10.0. The second kappa shape index (κ2) is 7.42. The van der Waals surface area contributed by atoms with Gasteiger partial charge in [-0.1, -0.05) is 19.4 Å². The normalized spacial score (nSPS) is 19.1. The van der Waals surface area contributed by atoms with E-state index in [2.05, 4.69) is 5.32 Å². The van der Waals surface area contributed by atoms with Crippen LogP contribution in [0.2, 0.25) is 0 Å². The molecular formula is C16H25N3O3S. The van der Waals surface area contributed by atoms with Gasteiger partial charge in [-0.2, -0.15) is 4.31 Å². The zero-order chi connectivity index (χ0) is 17.0. The minimum absolute atomic E-state index is 0.214. The molecule has 7 heteroatoms. The number of rotatable bonds is 5. The molecule has 1 saturated heterocycles. The number of carbonyl (C=O) groups is 1. The summed E-state index contributed by atoms with van der Waals surface area (Å²) in [5.74, 6) is -0.565. The number of carbonyl (C=O) groups excluding carboxylic acids is 1. The first-order chi connectivity index (χ1) is 10.8. The Hall–Kier alpha value is -1.44. The Morgan fingerprint density at radius 1 is 1.22 bits per heavy atom. The zero-order valence-corrected chi connectivity index (χ0v) is 14.5. The van der Waals surface area contributed by atoms with E-state index in [1.807, 2.05) is 0 Å². The van der Waals surface area contributed by atoms with E-state index in [9.17, 15) is 13.2 Å². The number of anilines is 1. The van der Waals surface area contributed by atoms with Gasteiger partial charge in [-0.15, -0.1) is 0 Å². The Morgan fingerprint density at radius 3 is 2.48 bits per heavy atom. The molecule has 0 bridgehead atoms. The van der Waals surface area contributed by atoms with E-state index in [0.717, 1.165) is 19.3 Å². The molecule has 23 heavy (non-hydrogen) atoms. The summed E-state index contributed by atoms with van der Waals surface area (Å²) in [6, 6.07) is 6.13. The molecule has 2 atom stereocenters. The molecule has 0 radical (unpaired) electrons. The molecule has 1 amide bonds. The second-order valence-electron chi connectivity index (χ2n) is 6.13. The average molecular weight is 339 g/mol. The molecule has 1 aromatic rings. The topological polar surface area (TPSA) is 92.5 Å². The van der Waals surface area contributed by atoms with Crippen LogP contribution in [0.3, 0.4) is 0 Å². The van der Waals surface area contributed by atoms with E-state index in [1.54, 1.807) is 32.0 Å². The van der Waals surface area contributed by atoms with Crippen LogP contribution in [0.1, 0.15) is 33.1 Å². The predicted molar refractivity (Wildman–Crippen MR) is 90.5 cm³/mol. The molecule has 0 spiro atoms. The fraction of sp³-hybridized carbons (Fsp3) is 0.562. The average Bonchev–Trinajstić information content (AvgIpc) is 2.55. The third-order valence-corrected chi connectivity index (χ3v) is 6.15. The Balaban J connectivity index is 2.17. The summed E-state index contributed by atoms with van der Waals surface area (Å²) in [4.78, 5) is 12.3. The van der Waals surface area contributed by atoms with E-state index >= 15 is 0 Å². The number of hydrogen-bond acceptors (Lipinski definition) is 4. The van der Waals surface area contributed by atoms with Crippen LogP contribution in [0, 0.1) is 5.92 Å². The van der Waals surface area contributed by atoms with Gasteiger partial charge in [0.25, 0.3) is 0 Å². The predicted octanol–water partition coefficient (Wildman–Crippen LogP) is 1.78. The van der Waals surface area contributed by atoms with Gasteiger partial charge in [0.1, 0.15) is 0 Å². The molecule has 2 rings (SSSR count). The molecule has 1 aromatic carbocycles. The molecule has 6 nitrogen and oxygen atoms in total. The van der Waals surface area contributed by atoms with Crippen molar-refractivity contribution in [2.75, 3.05) is 18.4 Å². The first-order valence-corrected chi connectivity index (χ1v) is 9.43. The summed E-state index contributed by atoms with van der Waals surface area (Å²) >= 11 is 0. The first-order valence-electron chi connectivity index (χ1n) is 7.99. The SMILES string of the molecule is CC(N)C(C)C(=O)Nc1cccc(S(=O)(=O)N2CCCCC2)c1. The molecule has 2 unspecified atom stereocenters. The molecule has 3 N–H and O–H groups in total. The van der Waals surface area contributed by atoms with Crippen molar-refractivity contribution in [3.8, 4) is 0 Å². The number of nitrogens with one attached hydrogen (secondary N) is 1. The molecule has 1 fully saturated rings. The summed E-state index contributed by atoms with van der Waals surface area (Å²) in [7, 11) is -3.50. The number of nitrogens with zero attached hydrogens (tertiary/aromatic N) is 1. The largest absolute Gasteiger partial charge is 0.327 e.